The lowest BCUT2D eigenvalue weighted by molar-refractivity contribution is -0.144. The normalized spacial score (nSPS) is 13.3. The number of carbonyl (C=O) groups excluding carboxylic acids is 1. The molecular formula is C16H22F3N3O2. The van der Waals surface area contributed by atoms with Crippen LogP contribution in [-0.4, -0.2) is 32.1 Å². The molecule has 0 amide bonds. The molecule has 8 heteroatoms. The Morgan fingerprint density at radius 2 is 1.88 bits per heavy atom. The molecule has 5 nitrogen and oxygen atoms in total. The number of benzene rings is 1. The number of nitrogens with zero attached hydrogens (tertiary/aromatic N) is 1. The zero-order valence-electron chi connectivity index (χ0n) is 13.9. The van der Waals surface area contributed by atoms with E-state index in [1.165, 1.54) is 19.2 Å². The van der Waals surface area contributed by atoms with E-state index in [2.05, 4.69) is 20.4 Å². The van der Waals surface area contributed by atoms with Gasteiger partial charge in [0.15, 0.2) is 5.96 Å². The van der Waals surface area contributed by atoms with Crippen molar-refractivity contribution in [3.63, 3.8) is 0 Å². The number of esters is 1. The molecule has 1 rings (SSSR count). The number of carbonyl (C=O) groups is 1. The number of rotatable bonds is 6. The second-order valence-electron chi connectivity index (χ2n) is 5.19. The lowest BCUT2D eigenvalue weighted by Gasteiger charge is -2.14. The van der Waals surface area contributed by atoms with Crippen LogP contribution < -0.4 is 10.6 Å². The van der Waals surface area contributed by atoms with Gasteiger partial charge in [0.2, 0.25) is 0 Å². The van der Waals surface area contributed by atoms with Crippen molar-refractivity contribution >= 4 is 11.9 Å². The fourth-order valence-electron chi connectivity index (χ4n) is 1.85. The van der Waals surface area contributed by atoms with Gasteiger partial charge in [0.25, 0.3) is 0 Å². The SMILES string of the molecule is CCNC(=NCc1ccc(C(F)(F)F)cc1)NCC(C)C(=O)OC. The van der Waals surface area contributed by atoms with E-state index in [1.807, 2.05) is 6.92 Å². The van der Waals surface area contributed by atoms with Crippen molar-refractivity contribution in [1.82, 2.24) is 10.6 Å². The third kappa shape index (κ3) is 6.47. The maximum absolute atomic E-state index is 12.5. The molecule has 1 aromatic rings. The first-order valence-corrected chi connectivity index (χ1v) is 7.54. The van der Waals surface area contributed by atoms with Crippen LogP contribution in [0, 0.1) is 5.92 Å². The molecule has 134 valence electrons. The number of hydrogen-bond acceptors (Lipinski definition) is 3. The highest BCUT2D eigenvalue weighted by Gasteiger charge is 2.29. The molecule has 0 heterocycles. The summed E-state index contributed by atoms with van der Waals surface area (Å²) in [4.78, 5) is 15.7. The van der Waals surface area contributed by atoms with Gasteiger partial charge >= 0.3 is 12.1 Å². The van der Waals surface area contributed by atoms with Crippen LogP contribution in [0.1, 0.15) is 25.0 Å². The fourth-order valence-corrected chi connectivity index (χ4v) is 1.85. The number of methoxy groups -OCH3 is 1. The summed E-state index contributed by atoms with van der Waals surface area (Å²) < 4.78 is 42.2. The summed E-state index contributed by atoms with van der Waals surface area (Å²) in [5, 5.41) is 6.01. The van der Waals surface area contributed by atoms with E-state index < -0.39 is 11.7 Å². The summed E-state index contributed by atoms with van der Waals surface area (Å²) in [6.45, 7) is 4.79. The number of ether oxygens (including phenoxy) is 1. The van der Waals surface area contributed by atoms with Gasteiger partial charge < -0.3 is 15.4 Å². The maximum Gasteiger partial charge on any atom is 0.416 e. The van der Waals surface area contributed by atoms with E-state index in [0.29, 0.717) is 24.6 Å². The molecule has 0 aromatic heterocycles. The highest BCUT2D eigenvalue weighted by molar-refractivity contribution is 5.80. The Labute approximate surface area is 139 Å². The van der Waals surface area contributed by atoms with Gasteiger partial charge in [0, 0.05) is 13.1 Å². The van der Waals surface area contributed by atoms with Crippen LogP contribution in [-0.2, 0) is 22.3 Å². The van der Waals surface area contributed by atoms with Crippen molar-refractivity contribution in [2.45, 2.75) is 26.6 Å². The molecule has 0 aliphatic heterocycles. The van der Waals surface area contributed by atoms with Gasteiger partial charge in [-0.1, -0.05) is 19.1 Å². The van der Waals surface area contributed by atoms with Gasteiger partial charge in [-0.05, 0) is 24.6 Å². The first-order chi connectivity index (χ1) is 11.3. The second-order valence-corrected chi connectivity index (χ2v) is 5.19. The van der Waals surface area contributed by atoms with Crippen molar-refractivity contribution in [2.24, 2.45) is 10.9 Å². The molecule has 0 bridgehead atoms. The van der Waals surface area contributed by atoms with Crippen LogP contribution in [0.3, 0.4) is 0 Å². The molecule has 1 atom stereocenters. The van der Waals surface area contributed by atoms with Crippen LogP contribution in [0.15, 0.2) is 29.3 Å². The predicted octanol–water partition coefficient (Wildman–Crippen LogP) is 2.57. The molecule has 24 heavy (non-hydrogen) atoms. The third-order valence-corrected chi connectivity index (χ3v) is 3.22. The highest BCUT2D eigenvalue weighted by Crippen LogP contribution is 2.29. The zero-order chi connectivity index (χ0) is 18.2. The lowest BCUT2D eigenvalue weighted by atomic mass is 10.1. The van der Waals surface area contributed by atoms with E-state index in [4.69, 9.17) is 0 Å². The standard InChI is InChI=1S/C16H22F3N3O2/c1-4-20-15(21-9-11(2)14(23)24-3)22-10-12-5-7-13(8-6-12)16(17,18)19/h5-8,11H,4,9-10H2,1-3H3,(H2,20,21,22). The van der Waals surface area contributed by atoms with Crippen molar-refractivity contribution in [3.05, 3.63) is 35.4 Å². The van der Waals surface area contributed by atoms with Crippen LogP contribution in [0.2, 0.25) is 0 Å². The molecule has 1 unspecified atom stereocenters. The molecule has 0 radical (unpaired) electrons. The highest BCUT2D eigenvalue weighted by atomic mass is 19.4. The Hall–Kier alpha value is -2.25. The fraction of sp³-hybridized carbons (Fsp3) is 0.500. The number of halogens is 3. The Morgan fingerprint density at radius 1 is 1.25 bits per heavy atom. The average molecular weight is 345 g/mol. The largest absolute Gasteiger partial charge is 0.469 e. The number of hydrogen-bond donors (Lipinski definition) is 2. The number of guanidine groups is 1. The topological polar surface area (TPSA) is 62.7 Å². The van der Waals surface area contributed by atoms with Crippen LogP contribution >= 0.6 is 0 Å². The van der Waals surface area contributed by atoms with Crippen LogP contribution in [0.25, 0.3) is 0 Å². The number of nitrogens with one attached hydrogen (secondary N) is 2. The lowest BCUT2D eigenvalue weighted by Crippen LogP contribution is -2.40. The molecule has 0 fully saturated rings. The monoisotopic (exact) mass is 345 g/mol. The van der Waals surface area contributed by atoms with E-state index in [0.717, 1.165) is 12.1 Å². The van der Waals surface area contributed by atoms with E-state index in [-0.39, 0.29) is 18.4 Å². The Kier molecular flexibility index (Phi) is 7.54. The molecule has 2 N–H and O–H groups in total. The molecule has 0 aliphatic carbocycles. The molecular weight excluding hydrogens is 323 g/mol. The minimum atomic E-state index is -4.34. The molecule has 0 aliphatic rings. The van der Waals surface area contributed by atoms with Crippen molar-refractivity contribution in [1.29, 1.82) is 0 Å². The minimum Gasteiger partial charge on any atom is -0.469 e. The number of aliphatic imine (C=N–C) groups is 1. The summed E-state index contributed by atoms with van der Waals surface area (Å²) in [6, 6.07) is 4.86. The van der Waals surface area contributed by atoms with Gasteiger partial charge in [0.1, 0.15) is 0 Å². The van der Waals surface area contributed by atoms with Gasteiger partial charge in [-0.3, -0.25) is 4.79 Å². The molecule has 0 saturated carbocycles. The van der Waals surface area contributed by atoms with Gasteiger partial charge in [-0.15, -0.1) is 0 Å². The second kappa shape index (κ2) is 9.14. The predicted molar refractivity (Wildman–Crippen MR) is 85.4 cm³/mol. The van der Waals surface area contributed by atoms with Gasteiger partial charge in [-0.25, -0.2) is 4.99 Å². The smallest absolute Gasteiger partial charge is 0.416 e. The van der Waals surface area contributed by atoms with Crippen molar-refractivity contribution < 1.29 is 22.7 Å². The Bertz CT molecular complexity index is 557. The number of alkyl halides is 3. The zero-order valence-corrected chi connectivity index (χ0v) is 13.9. The summed E-state index contributed by atoms with van der Waals surface area (Å²) >= 11 is 0. The first-order valence-electron chi connectivity index (χ1n) is 7.54. The summed E-state index contributed by atoms with van der Waals surface area (Å²) in [5.74, 6) is -0.195. The van der Waals surface area contributed by atoms with Gasteiger partial charge in [0.05, 0.1) is 25.1 Å². The summed E-state index contributed by atoms with van der Waals surface area (Å²) in [5.41, 5.74) is -0.0339. The Balaban J connectivity index is 2.66. The molecule has 0 saturated heterocycles. The van der Waals surface area contributed by atoms with E-state index in [1.54, 1.807) is 6.92 Å². The first kappa shape index (κ1) is 19.8. The van der Waals surface area contributed by atoms with Crippen molar-refractivity contribution in [3.8, 4) is 0 Å². The summed E-state index contributed by atoms with van der Waals surface area (Å²) in [6.07, 6.45) is -4.34. The quantitative estimate of drug-likeness (QED) is 0.473. The average Bonchev–Trinajstić information content (AvgIpc) is 2.55. The third-order valence-electron chi connectivity index (χ3n) is 3.22. The maximum atomic E-state index is 12.5. The molecule has 0 spiro atoms. The molecule has 1 aromatic carbocycles. The van der Waals surface area contributed by atoms with Crippen LogP contribution in [0.4, 0.5) is 13.2 Å². The van der Waals surface area contributed by atoms with Gasteiger partial charge in [-0.2, -0.15) is 13.2 Å². The van der Waals surface area contributed by atoms with Crippen LogP contribution in [0.5, 0.6) is 0 Å². The Morgan fingerprint density at radius 3 is 2.38 bits per heavy atom. The summed E-state index contributed by atoms with van der Waals surface area (Å²) in [7, 11) is 1.32. The minimum absolute atomic E-state index is 0.222. The van der Waals surface area contributed by atoms with E-state index >= 15 is 0 Å². The van der Waals surface area contributed by atoms with Crippen molar-refractivity contribution in [2.75, 3.05) is 20.2 Å². The van der Waals surface area contributed by atoms with E-state index in [9.17, 15) is 18.0 Å².